The van der Waals surface area contributed by atoms with Crippen molar-refractivity contribution in [2.24, 2.45) is 5.92 Å². The van der Waals surface area contributed by atoms with E-state index in [1.54, 1.807) is 36.4 Å². The van der Waals surface area contributed by atoms with Gasteiger partial charge in [0.1, 0.15) is 17.4 Å². The molecule has 168 valence electrons. The summed E-state index contributed by atoms with van der Waals surface area (Å²) in [6.45, 7) is 2.44. The topological polar surface area (TPSA) is 68.3 Å². The van der Waals surface area contributed by atoms with Gasteiger partial charge < -0.3 is 9.47 Å². The monoisotopic (exact) mass is 444 g/mol. The van der Waals surface area contributed by atoms with E-state index in [0.29, 0.717) is 23.8 Å². The number of fused-ring (bicyclic) bond motifs is 1. The smallest absolute Gasteiger partial charge is 0.266 e. The van der Waals surface area contributed by atoms with Gasteiger partial charge in [-0.3, -0.25) is 14.4 Å². The van der Waals surface area contributed by atoms with Gasteiger partial charge in [-0.2, -0.15) is 0 Å². The van der Waals surface area contributed by atoms with Crippen LogP contribution in [0.25, 0.3) is 0 Å². The molecule has 0 aliphatic carbocycles. The van der Waals surface area contributed by atoms with Crippen molar-refractivity contribution in [2.75, 3.05) is 23.7 Å². The Morgan fingerprint density at radius 1 is 0.848 bits per heavy atom. The molecule has 0 N–H and O–H groups in total. The Morgan fingerprint density at radius 3 is 2.30 bits per heavy atom. The van der Waals surface area contributed by atoms with Crippen molar-refractivity contribution < 1.29 is 23.9 Å². The lowest BCUT2D eigenvalue weighted by Crippen LogP contribution is -2.37. The van der Waals surface area contributed by atoms with Crippen molar-refractivity contribution in [3.8, 4) is 11.5 Å². The molecule has 7 nitrogen and oxygen atoms in total. The number of ether oxygens (including phenoxy) is 2. The standard InChI is InChI=1S/C26H24N2O5/c1-3-32-20-14-12-18(13-15-20)27-25(29)22-23(17-8-7-11-21(16-17)31-2)28(33-24(22)26(27)30)19-9-5-4-6-10-19/h4-16,22-24H,3H2,1-2H3/t22-,23+,24-/m1/s1. The van der Waals surface area contributed by atoms with Crippen molar-refractivity contribution in [3.63, 3.8) is 0 Å². The molecule has 0 radical (unpaired) electrons. The number of hydrogen-bond acceptors (Lipinski definition) is 6. The third-order valence-corrected chi connectivity index (χ3v) is 5.97. The number of hydrogen-bond donors (Lipinski definition) is 0. The van der Waals surface area contributed by atoms with Gasteiger partial charge in [-0.25, -0.2) is 9.96 Å². The number of imide groups is 1. The molecular weight excluding hydrogens is 420 g/mol. The average Bonchev–Trinajstić information content (AvgIpc) is 3.36. The van der Waals surface area contributed by atoms with E-state index in [0.717, 1.165) is 11.3 Å². The molecule has 2 aliphatic heterocycles. The van der Waals surface area contributed by atoms with Gasteiger partial charge >= 0.3 is 0 Å². The Balaban J connectivity index is 1.54. The van der Waals surface area contributed by atoms with Gasteiger partial charge in [-0.05, 0) is 61.0 Å². The van der Waals surface area contributed by atoms with Gasteiger partial charge in [0.05, 0.1) is 31.1 Å². The lowest BCUT2D eigenvalue weighted by atomic mass is 9.90. The Kier molecular flexibility index (Phi) is 5.48. The second kappa shape index (κ2) is 8.60. The van der Waals surface area contributed by atoms with Crippen molar-refractivity contribution in [2.45, 2.75) is 19.1 Å². The van der Waals surface area contributed by atoms with Crippen LogP contribution >= 0.6 is 0 Å². The van der Waals surface area contributed by atoms with Gasteiger partial charge in [0.25, 0.3) is 5.91 Å². The van der Waals surface area contributed by atoms with Crippen LogP contribution in [0.3, 0.4) is 0 Å². The summed E-state index contributed by atoms with van der Waals surface area (Å²) in [5.74, 6) is -0.0114. The lowest BCUT2D eigenvalue weighted by Gasteiger charge is -2.29. The number of anilines is 2. The zero-order chi connectivity index (χ0) is 22.9. The minimum Gasteiger partial charge on any atom is -0.497 e. The molecule has 0 bridgehead atoms. The Labute approximate surface area is 192 Å². The SMILES string of the molecule is CCOc1ccc(N2C(=O)[C@H]3[C@@H](ON(c4ccccc4)[C@H]3c3cccc(OC)c3)C2=O)cc1. The minimum absolute atomic E-state index is 0.291. The predicted octanol–water partition coefficient (Wildman–Crippen LogP) is 4.15. The van der Waals surface area contributed by atoms with Crippen LogP contribution in [0.1, 0.15) is 18.5 Å². The van der Waals surface area contributed by atoms with E-state index in [9.17, 15) is 9.59 Å². The maximum atomic E-state index is 13.7. The molecule has 2 fully saturated rings. The molecule has 0 unspecified atom stereocenters. The van der Waals surface area contributed by atoms with Crippen LogP contribution in [0.4, 0.5) is 11.4 Å². The van der Waals surface area contributed by atoms with E-state index >= 15 is 0 Å². The third kappa shape index (κ3) is 3.60. The zero-order valence-electron chi connectivity index (χ0n) is 18.4. The van der Waals surface area contributed by atoms with Crippen molar-refractivity contribution in [1.29, 1.82) is 0 Å². The number of nitrogens with zero attached hydrogens (tertiary/aromatic N) is 2. The Bertz CT molecular complexity index is 1160. The molecule has 0 spiro atoms. The van der Waals surface area contributed by atoms with E-state index in [1.807, 2.05) is 61.5 Å². The second-order valence-electron chi connectivity index (χ2n) is 7.87. The summed E-state index contributed by atoms with van der Waals surface area (Å²) in [5, 5.41) is 1.68. The summed E-state index contributed by atoms with van der Waals surface area (Å²) in [6.07, 6.45) is -0.916. The fourth-order valence-corrected chi connectivity index (χ4v) is 4.49. The highest BCUT2D eigenvalue weighted by molar-refractivity contribution is 6.23. The molecule has 2 aliphatic rings. The lowest BCUT2D eigenvalue weighted by molar-refractivity contribution is -0.126. The summed E-state index contributed by atoms with van der Waals surface area (Å²) in [7, 11) is 1.60. The molecule has 3 aromatic carbocycles. The summed E-state index contributed by atoms with van der Waals surface area (Å²) in [5.41, 5.74) is 2.11. The van der Waals surface area contributed by atoms with Crippen molar-refractivity contribution >= 4 is 23.2 Å². The summed E-state index contributed by atoms with van der Waals surface area (Å²) in [4.78, 5) is 34.4. The van der Waals surface area contributed by atoms with E-state index < -0.39 is 18.1 Å². The van der Waals surface area contributed by atoms with Gasteiger partial charge in [0.15, 0.2) is 6.10 Å². The van der Waals surface area contributed by atoms with Gasteiger partial charge in [-0.1, -0.05) is 30.3 Å². The van der Waals surface area contributed by atoms with E-state index in [2.05, 4.69) is 0 Å². The molecule has 2 saturated heterocycles. The van der Waals surface area contributed by atoms with E-state index in [4.69, 9.17) is 14.3 Å². The molecule has 3 aromatic rings. The second-order valence-corrected chi connectivity index (χ2v) is 7.87. The zero-order valence-corrected chi connectivity index (χ0v) is 18.4. The van der Waals surface area contributed by atoms with E-state index in [-0.39, 0.29) is 11.8 Å². The number of rotatable bonds is 6. The quantitative estimate of drug-likeness (QED) is 0.532. The molecule has 2 amide bonds. The fraction of sp³-hybridized carbons (Fsp3) is 0.231. The van der Waals surface area contributed by atoms with Gasteiger partial charge in [-0.15, -0.1) is 0 Å². The van der Waals surface area contributed by atoms with Crippen LogP contribution in [0, 0.1) is 5.92 Å². The molecular formula is C26H24N2O5. The first kappa shape index (κ1) is 21.0. The number of methoxy groups -OCH3 is 1. The van der Waals surface area contributed by atoms with Crippen molar-refractivity contribution in [1.82, 2.24) is 0 Å². The van der Waals surface area contributed by atoms with Crippen LogP contribution in [-0.4, -0.2) is 31.6 Å². The van der Waals surface area contributed by atoms with Crippen LogP contribution < -0.4 is 19.4 Å². The largest absolute Gasteiger partial charge is 0.497 e. The van der Waals surface area contributed by atoms with Crippen LogP contribution in [-0.2, 0) is 14.4 Å². The van der Waals surface area contributed by atoms with Crippen LogP contribution in [0.5, 0.6) is 11.5 Å². The first-order valence-corrected chi connectivity index (χ1v) is 10.9. The van der Waals surface area contributed by atoms with E-state index in [1.165, 1.54) is 4.90 Å². The summed E-state index contributed by atoms with van der Waals surface area (Å²) in [6, 6.07) is 23.5. The fourth-order valence-electron chi connectivity index (χ4n) is 4.49. The Hall–Kier alpha value is -3.84. The van der Waals surface area contributed by atoms with Gasteiger partial charge in [0.2, 0.25) is 5.91 Å². The van der Waals surface area contributed by atoms with Crippen LogP contribution in [0.15, 0.2) is 78.9 Å². The first-order valence-electron chi connectivity index (χ1n) is 10.9. The number of amides is 2. The number of carbonyl (C=O) groups is 2. The normalized spacial score (nSPS) is 21.9. The number of hydroxylamine groups is 1. The molecule has 3 atom stereocenters. The third-order valence-electron chi connectivity index (χ3n) is 5.97. The predicted molar refractivity (Wildman–Crippen MR) is 123 cm³/mol. The maximum absolute atomic E-state index is 13.7. The Morgan fingerprint density at radius 2 is 1.61 bits per heavy atom. The highest BCUT2D eigenvalue weighted by Gasteiger charge is 2.60. The number of carbonyl (C=O) groups excluding carboxylic acids is 2. The molecule has 33 heavy (non-hydrogen) atoms. The number of benzene rings is 3. The number of para-hydroxylation sites is 1. The highest BCUT2D eigenvalue weighted by atomic mass is 16.7. The van der Waals surface area contributed by atoms with Crippen LogP contribution in [0.2, 0.25) is 0 Å². The van der Waals surface area contributed by atoms with Crippen molar-refractivity contribution in [3.05, 3.63) is 84.4 Å². The molecule has 5 rings (SSSR count). The molecule has 7 heteroatoms. The maximum Gasteiger partial charge on any atom is 0.266 e. The molecule has 2 heterocycles. The molecule has 0 aromatic heterocycles. The average molecular weight is 444 g/mol. The summed E-state index contributed by atoms with van der Waals surface area (Å²) >= 11 is 0. The first-order chi connectivity index (χ1) is 16.1. The van der Waals surface area contributed by atoms with Gasteiger partial charge in [0, 0.05) is 0 Å². The highest BCUT2D eigenvalue weighted by Crippen LogP contribution is 2.48. The summed E-state index contributed by atoms with van der Waals surface area (Å²) < 4.78 is 10.9. The molecule has 0 saturated carbocycles. The minimum atomic E-state index is -0.916.